The molecule has 0 spiro atoms. The van der Waals surface area contributed by atoms with Crippen LogP contribution in [0, 0.1) is 0 Å². The van der Waals surface area contributed by atoms with Crippen molar-refractivity contribution < 1.29 is 9.53 Å². The van der Waals surface area contributed by atoms with E-state index in [4.69, 9.17) is 27.9 Å². The van der Waals surface area contributed by atoms with E-state index in [0.29, 0.717) is 22.2 Å². The number of esters is 1. The number of thioether (sulfide) groups is 1. The zero-order chi connectivity index (χ0) is 11.4. The van der Waals surface area contributed by atoms with Crippen LogP contribution in [-0.4, -0.2) is 12.2 Å². The van der Waals surface area contributed by atoms with Crippen LogP contribution in [0.3, 0.4) is 0 Å². The van der Waals surface area contributed by atoms with Crippen molar-refractivity contribution in [1.82, 2.24) is 0 Å². The number of carbonyl (C=O) groups is 1. The molecule has 82 valence electrons. The molecule has 0 unspecified atom stereocenters. The maximum absolute atomic E-state index is 11.0. The molecule has 0 radical (unpaired) electrons. The average molecular weight is 265 g/mol. The molecule has 0 aliphatic rings. The molecule has 1 rings (SSSR count). The predicted molar refractivity (Wildman–Crippen MR) is 64.2 cm³/mol. The molecule has 0 aliphatic heterocycles. The van der Waals surface area contributed by atoms with Gasteiger partial charge in [0.1, 0.15) is 5.75 Å². The second kappa shape index (κ2) is 5.64. The maximum Gasteiger partial charge on any atom is 0.310 e. The van der Waals surface area contributed by atoms with Gasteiger partial charge in [0.15, 0.2) is 0 Å². The van der Waals surface area contributed by atoms with Crippen molar-refractivity contribution in [3.05, 3.63) is 22.2 Å². The molecule has 1 aromatic carbocycles. The van der Waals surface area contributed by atoms with E-state index in [1.54, 1.807) is 19.1 Å². The fourth-order valence-corrected chi connectivity index (χ4v) is 2.43. The van der Waals surface area contributed by atoms with Crippen molar-refractivity contribution in [2.75, 3.05) is 6.26 Å². The highest BCUT2D eigenvalue weighted by molar-refractivity contribution is 7.98. The van der Waals surface area contributed by atoms with Gasteiger partial charge < -0.3 is 4.74 Å². The van der Waals surface area contributed by atoms with Gasteiger partial charge in [-0.15, -0.1) is 11.8 Å². The van der Waals surface area contributed by atoms with Crippen LogP contribution in [0.15, 0.2) is 17.0 Å². The molecule has 0 N–H and O–H groups in total. The lowest BCUT2D eigenvalue weighted by atomic mass is 10.3. The molecule has 5 heteroatoms. The lowest BCUT2D eigenvalue weighted by molar-refractivity contribution is -0.134. The monoisotopic (exact) mass is 264 g/mol. The Morgan fingerprint density at radius 3 is 2.33 bits per heavy atom. The third kappa shape index (κ3) is 3.30. The fraction of sp³-hybridized carbons (Fsp3) is 0.300. The number of ether oxygens (including phenoxy) is 1. The van der Waals surface area contributed by atoms with Gasteiger partial charge in [-0.05, 0) is 6.26 Å². The zero-order valence-electron chi connectivity index (χ0n) is 8.34. The van der Waals surface area contributed by atoms with Gasteiger partial charge in [-0.3, -0.25) is 4.79 Å². The summed E-state index contributed by atoms with van der Waals surface area (Å²) in [6.07, 6.45) is 2.20. The summed E-state index contributed by atoms with van der Waals surface area (Å²) in [4.78, 5) is 11.8. The van der Waals surface area contributed by atoms with Gasteiger partial charge in [0.05, 0.1) is 10.0 Å². The minimum atomic E-state index is -0.306. The molecule has 0 heterocycles. The summed E-state index contributed by atoms with van der Waals surface area (Å²) in [7, 11) is 0. The van der Waals surface area contributed by atoms with Crippen LogP contribution < -0.4 is 4.74 Å². The Bertz CT molecular complexity index is 357. The second-order valence-corrected chi connectivity index (χ2v) is 4.38. The lowest BCUT2D eigenvalue weighted by Crippen LogP contribution is -2.05. The van der Waals surface area contributed by atoms with Crippen molar-refractivity contribution in [3.63, 3.8) is 0 Å². The Balaban J connectivity index is 2.98. The van der Waals surface area contributed by atoms with Crippen LogP contribution in [-0.2, 0) is 4.79 Å². The first-order valence-electron chi connectivity index (χ1n) is 4.32. The fourth-order valence-electron chi connectivity index (χ4n) is 0.994. The van der Waals surface area contributed by atoms with Crippen molar-refractivity contribution in [2.45, 2.75) is 18.2 Å². The highest BCUT2D eigenvalue weighted by Gasteiger charge is 2.09. The maximum atomic E-state index is 11.0. The van der Waals surface area contributed by atoms with Crippen molar-refractivity contribution in [1.29, 1.82) is 0 Å². The normalized spacial score (nSPS) is 10.1. The molecular weight excluding hydrogens is 255 g/mol. The third-order valence-corrected chi connectivity index (χ3v) is 3.36. The molecule has 15 heavy (non-hydrogen) atoms. The van der Waals surface area contributed by atoms with E-state index in [9.17, 15) is 4.79 Å². The Labute approximate surface area is 103 Å². The largest absolute Gasteiger partial charge is 0.426 e. The number of rotatable bonds is 3. The quantitative estimate of drug-likeness (QED) is 0.469. The van der Waals surface area contributed by atoms with E-state index in [1.165, 1.54) is 11.8 Å². The van der Waals surface area contributed by atoms with E-state index >= 15 is 0 Å². The molecule has 0 saturated carbocycles. The molecule has 1 aromatic rings. The Hall–Kier alpha value is -0.380. The van der Waals surface area contributed by atoms with E-state index < -0.39 is 0 Å². The van der Waals surface area contributed by atoms with Gasteiger partial charge in [0.25, 0.3) is 0 Å². The standard InChI is InChI=1S/C10H10Cl2O2S/c1-3-9(13)14-6-4-7(11)10(15-2)8(12)5-6/h4-5H,3H2,1-2H3. The van der Waals surface area contributed by atoms with E-state index in [1.807, 2.05) is 6.26 Å². The van der Waals surface area contributed by atoms with Crippen LogP contribution in [0.4, 0.5) is 0 Å². The van der Waals surface area contributed by atoms with Gasteiger partial charge in [-0.25, -0.2) is 0 Å². The van der Waals surface area contributed by atoms with E-state index in [0.717, 1.165) is 4.90 Å². The summed E-state index contributed by atoms with van der Waals surface area (Å²) in [5.74, 6) is 0.0775. The second-order valence-electron chi connectivity index (χ2n) is 2.75. The Morgan fingerprint density at radius 2 is 1.93 bits per heavy atom. The highest BCUT2D eigenvalue weighted by Crippen LogP contribution is 2.36. The molecule has 2 nitrogen and oxygen atoms in total. The molecule has 0 saturated heterocycles. The summed E-state index contributed by atoms with van der Waals surface area (Å²) >= 11 is 13.4. The number of hydrogen-bond acceptors (Lipinski definition) is 3. The molecule has 0 aliphatic carbocycles. The first-order valence-corrected chi connectivity index (χ1v) is 6.30. The van der Waals surface area contributed by atoms with Gasteiger partial charge in [-0.1, -0.05) is 30.1 Å². The summed E-state index contributed by atoms with van der Waals surface area (Å²) in [6, 6.07) is 3.18. The molecule has 0 atom stereocenters. The van der Waals surface area contributed by atoms with Crippen LogP contribution in [0.1, 0.15) is 13.3 Å². The summed E-state index contributed by atoms with van der Waals surface area (Å²) in [5, 5.41) is 0.989. The Kier molecular flexibility index (Phi) is 4.77. The number of hydrogen-bond donors (Lipinski definition) is 0. The minimum Gasteiger partial charge on any atom is -0.426 e. The molecular formula is C10H10Cl2O2S. The number of benzene rings is 1. The summed E-state index contributed by atoms with van der Waals surface area (Å²) in [5.41, 5.74) is 0. The predicted octanol–water partition coefficient (Wildman–Crippen LogP) is 4.03. The van der Waals surface area contributed by atoms with Gasteiger partial charge in [0.2, 0.25) is 0 Å². The van der Waals surface area contributed by atoms with Crippen LogP contribution in [0.5, 0.6) is 5.75 Å². The topological polar surface area (TPSA) is 26.3 Å². The average Bonchev–Trinajstić information content (AvgIpc) is 2.17. The van der Waals surface area contributed by atoms with E-state index in [2.05, 4.69) is 0 Å². The Morgan fingerprint density at radius 1 is 1.40 bits per heavy atom. The smallest absolute Gasteiger partial charge is 0.310 e. The zero-order valence-corrected chi connectivity index (χ0v) is 10.7. The van der Waals surface area contributed by atoms with Crippen molar-refractivity contribution in [3.8, 4) is 5.75 Å². The first-order chi connectivity index (χ1) is 7.08. The minimum absolute atomic E-state index is 0.306. The van der Waals surface area contributed by atoms with Gasteiger partial charge in [-0.2, -0.15) is 0 Å². The van der Waals surface area contributed by atoms with Crippen LogP contribution in [0.25, 0.3) is 0 Å². The summed E-state index contributed by atoms with van der Waals surface area (Å²) in [6.45, 7) is 1.72. The van der Waals surface area contributed by atoms with Gasteiger partial charge >= 0.3 is 5.97 Å². The lowest BCUT2D eigenvalue weighted by Gasteiger charge is -2.07. The molecule has 0 amide bonds. The SMILES string of the molecule is CCC(=O)Oc1cc(Cl)c(SC)c(Cl)c1. The summed E-state index contributed by atoms with van der Waals surface area (Å²) < 4.78 is 5.01. The van der Waals surface area contributed by atoms with Gasteiger partial charge in [0, 0.05) is 23.4 Å². The molecule has 0 bridgehead atoms. The third-order valence-electron chi connectivity index (χ3n) is 1.70. The first kappa shape index (κ1) is 12.7. The van der Waals surface area contributed by atoms with Crippen molar-refractivity contribution in [2.24, 2.45) is 0 Å². The molecule has 0 aromatic heterocycles. The van der Waals surface area contributed by atoms with Crippen LogP contribution >= 0.6 is 35.0 Å². The molecule has 0 fully saturated rings. The number of halogens is 2. The highest BCUT2D eigenvalue weighted by atomic mass is 35.5. The van der Waals surface area contributed by atoms with E-state index in [-0.39, 0.29) is 5.97 Å². The van der Waals surface area contributed by atoms with Crippen LogP contribution in [0.2, 0.25) is 10.0 Å². The number of carbonyl (C=O) groups excluding carboxylic acids is 1. The van der Waals surface area contributed by atoms with Crippen molar-refractivity contribution >= 4 is 40.9 Å².